The normalized spacial score (nSPS) is 14.6. The molecular weight excluding hydrogens is 411 g/mol. The highest BCUT2D eigenvalue weighted by Crippen LogP contribution is 2.19. The van der Waals surface area contributed by atoms with E-state index >= 15 is 0 Å². The summed E-state index contributed by atoms with van der Waals surface area (Å²) < 4.78 is 13.2. The van der Waals surface area contributed by atoms with Crippen molar-refractivity contribution in [2.75, 3.05) is 23.7 Å². The second-order valence-electron chi connectivity index (χ2n) is 6.81. The van der Waals surface area contributed by atoms with Crippen molar-refractivity contribution in [3.8, 4) is 0 Å². The van der Waals surface area contributed by atoms with Gasteiger partial charge in [-0.25, -0.2) is 9.18 Å². The summed E-state index contributed by atoms with van der Waals surface area (Å²) in [5.41, 5.74) is 1.89. The number of likely N-dealkylation sites (tertiary alicyclic amines) is 1. The zero-order valence-corrected chi connectivity index (χ0v) is 17.2. The van der Waals surface area contributed by atoms with Crippen molar-refractivity contribution >= 4 is 40.6 Å². The molecule has 0 spiro atoms. The lowest BCUT2D eigenvalue weighted by atomic mass is 10.1. The number of piperidine rings is 1. The number of carbonyl (C=O) groups is 2. The molecule has 7 nitrogen and oxygen atoms in total. The van der Waals surface area contributed by atoms with Crippen LogP contribution < -0.4 is 10.6 Å². The van der Waals surface area contributed by atoms with Crippen LogP contribution in [-0.4, -0.2) is 41.7 Å². The smallest absolute Gasteiger partial charge is 0.321 e. The number of nitrogens with one attached hydrogen (secondary N) is 2. The minimum atomic E-state index is -0.847. The molecule has 0 aromatic heterocycles. The maximum atomic E-state index is 13.2. The van der Waals surface area contributed by atoms with E-state index in [9.17, 15) is 14.0 Å². The van der Waals surface area contributed by atoms with Crippen molar-refractivity contribution < 1.29 is 18.8 Å². The average molecular weight is 433 g/mol. The molecule has 3 amide bonds. The maximum Gasteiger partial charge on any atom is 0.321 e. The Balaban J connectivity index is 1.44. The third kappa shape index (κ3) is 5.93. The van der Waals surface area contributed by atoms with Gasteiger partial charge >= 0.3 is 6.03 Å². The quantitative estimate of drug-likeness (QED) is 0.682. The number of rotatable bonds is 5. The summed E-state index contributed by atoms with van der Waals surface area (Å²) in [5.74, 6) is -0.990. The van der Waals surface area contributed by atoms with Crippen molar-refractivity contribution in [2.45, 2.75) is 25.9 Å². The Bertz CT molecular complexity index is 929. The van der Waals surface area contributed by atoms with Crippen LogP contribution >= 0.6 is 11.6 Å². The molecule has 1 saturated heterocycles. The van der Waals surface area contributed by atoms with Crippen LogP contribution in [0.25, 0.3) is 0 Å². The molecule has 0 bridgehead atoms. The molecular formula is C21H22ClFN4O3. The highest BCUT2D eigenvalue weighted by molar-refractivity contribution is 6.31. The molecule has 0 unspecified atom stereocenters. The van der Waals surface area contributed by atoms with Crippen molar-refractivity contribution in [3.05, 3.63) is 59.4 Å². The Kier molecular flexibility index (Phi) is 7.24. The monoisotopic (exact) mass is 432 g/mol. The fourth-order valence-electron chi connectivity index (χ4n) is 2.80. The van der Waals surface area contributed by atoms with Crippen molar-refractivity contribution in [1.29, 1.82) is 0 Å². The standard InChI is InChI=1S/C21H22ClFN4O3/c1-14(20(28)24-17-7-8-19(23)18(22)13-17)30-26-16-9-11-27(12-10-16)21(29)25-15-5-3-2-4-6-15/h2-8,13-14H,9-12H2,1H3,(H,24,28)(H,25,29)/t14-/m0/s1. The fourth-order valence-corrected chi connectivity index (χ4v) is 2.98. The van der Waals surface area contributed by atoms with Crippen LogP contribution in [-0.2, 0) is 9.63 Å². The van der Waals surface area contributed by atoms with Gasteiger partial charge in [-0.3, -0.25) is 4.79 Å². The van der Waals surface area contributed by atoms with E-state index in [1.165, 1.54) is 18.2 Å². The molecule has 0 saturated carbocycles. The summed E-state index contributed by atoms with van der Waals surface area (Å²) in [6.07, 6.45) is 0.273. The first kappa shape index (κ1) is 21.6. The first-order valence-electron chi connectivity index (χ1n) is 9.51. The van der Waals surface area contributed by atoms with E-state index in [4.69, 9.17) is 16.4 Å². The number of urea groups is 1. The Morgan fingerprint density at radius 2 is 1.80 bits per heavy atom. The molecule has 0 radical (unpaired) electrons. The number of para-hydroxylation sites is 1. The molecule has 30 heavy (non-hydrogen) atoms. The predicted octanol–water partition coefficient (Wildman–Crippen LogP) is 4.51. The summed E-state index contributed by atoms with van der Waals surface area (Å²) in [5, 5.41) is 9.44. The van der Waals surface area contributed by atoms with E-state index in [2.05, 4.69) is 15.8 Å². The van der Waals surface area contributed by atoms with Crippen LogP contribution in [0, 0.1) is 5.82 Å². The first-order chi connectivity index (χ1) is 14.4. The summed E-state index contributed by atoms with van der Waals surface area (Å²) in [6.45, 7) is 2.58. The van der Waals surface area contributed by atoms with Crippen LogP contribution in [0.1, 0.15) is 19.8 Å². The van der Waals surface area contributed by atoms with Crippen LogP contribution in [0.5, 0.6) is 0 Å². The molecule has 9 heteroatoms. The van der Waals surface area contributed by atoms with E-state index in [1.54, 1.807) is 11.8 Å². The van der Waals surface area contributed by atoms with E-state index in [-0.39, 0.29) is 11.1 Å². The van der Waals surface area contributed by atoms with Crippen LogP contribution in [0.2, 0.25) is 5.02 Å². The van der Waals surface area contributed by atoms with Gasteiger partial charge in [-0.15, -0.1) is 0 Å². The van der Waals surface area contributed by atoms with Crippen molar-refractivity contribution in [2.24, 2.45) is 5.16 Å². The van der Waals surface area contributed by atoms with Crippen LogP contribution in [0.3, 0.4) is 0 Å². The second-order valence-corrected chi connectivity index (χ2v) is 7.21. The molecule has 2 aromatic rings. The topological polar surface area (TPSA) is 83.0 Å². The molecule has 1 heterocycles. The number of oxime groups is 1. The Labute approximate surface area is 178 Å². The molecule has 1 aliphatic heterocycles. The summed E-state index contributed by atoms with van der Waals surface area (Å²) in [6, 6.07) is 13.0. The third-order valence-corrected chi connectivity index (χ3v) is 4.84. The van der Waals surface area contributed by atoms with Gasteiger partial charge in [0.2, 0.25) is 6.10 Å². The highest BCUT2D eigenvalue weighted by atomic mass is 35.5. The van der Waals surface area contributed by atoms with Gasteiger partial charge in [-0.1, -0.05) is 35.0 Å². The Morgan fingerprint density at radius 3 is 2.47 bits per heavy atom. The minimum Gasteiger partial charge on any atom is -0.383 e. The highest BCUT2D eigenvalue weighted by Gasteiger charge is 2.21. The van der Waals surface area contributed by atoms with E-state index in [0.29, 0.717) is 31.6 Å². The first-order valence-corrected chi connectivity index (χ1v) is 9.88. The number of benzene rings is 2. The molecule has 3 rings (SSSR count). The molecule has 158 valence electrons. The lowest BCUT2D eigenvalue weighted by Gasteiger charge is -2.27. The Morgan fingerprint density at radius 1 is 1.10 bits per heavy atom. The third-order valence-electron chi connectivity index (χ3n) is 4.55. The van der Waals surface area contributed by atoms with Gasteiger partial charge in [-0.2, -0.15) is 0 Å². The molecule has 1 aliphatic rings. The summed E-state index contributed by atoms with van der Waals surface area (Å²) in [4.78, 5) is 31.5. The fraction of sp³-hybridized carbons (Fsp3) is 0.286. The van der Waals surface area contributed by atoms with E-state index in [0.717, 1.165) is 11.4 Å². The van der Waals surface area contributed by atoms with Gasteiger partial charge in [0.05, 0.1) is 10.7 Å². The second kappa shape index (κ2) is 10.1. The number of carbonyl (C=O) groups excluding carboxylic acids is 2. The average Bonchev–Trinajstić information content (AvgIpc) is 2.75. The van der Waals surface area contributed by atoms with E-state index < -0.39 is 17.8 Å². The zero-order valence-electron chi connectivity index (χ0n) is 16.4. The number of nitrogens with zero attached hydrogens (tertiary/aromatic N) is 2. The molecule has 2 aromatic carbocycles. The maximum absolute atomic E-state index is 13.2. The summed E-state index contributed by atoms with van der Waals surface area (Å²) >= 11 is 5.71. The number of amides is 3. The number of halogens is 2. The van der Waals surface area contributed by atoms with Crippen molar-refractivity contribution in [1.82, 2.24) is 4.90 Å². The molecule has 0 aliphatic carbocycles. The Hall–Kier alpha value is -3.13. The molecule has 2 N–H and O–H groups in total. The molecule has 1 fully saturated rings. The van der Waals surface area contributed by atoms with E-state index in [1.807, 2.05) is 30.3 Å². The van der Waals surface area contributed by atoms with Crippen LogP contribution in [0.4, 0.5) is 20.6 Å². The SMILES string of the molecule is C[C@H](ON=C1CCN(C(=O)Nc2ccccc2)CC1)C(=O)Nc1ccc(F)c(Cl)c1. The number of hydrogen-bond donors (Lipinski definition) is 2. The van der Waals surface area contributed by atoms with Gasteiger partial charge in [0.15, 0.2) is 0 Å². The number of anilines is 2. The minimum absolute atomic E-state index is 0.0790. The van der Waals surface area contributed by atoms with Gasteiger partial charge in [0.1, 0.15) is 5.82 Å². The largest absolute Gasteiger partial charge is 0.383 e. The molecule has 1 atom stereocenters. The van der Waals surface area contributed by atoms with Gasteiger partial charge < -0.3 is 20.4 Å². The zero-order chi connectivity index (χ0) is 21.5. The summed E-state index contributed by atoms with van der Waals surface area (Å²) in [7, 11) is 0. The lowest BCUT2D eigenvalue weighted by molar-refractivity contribution is -0.126. The predicted molar refractivity (Wildman–Crippen MR) is 114 cm³/mol. The van der Waals surface area contributed by atoms with Gasteiger partial charge in [-0.05, 0) is 37.3 Å². The van der Waals surface area contributed by atoms with Gasteiger partial charge in [0.25, 0.3) is 5.91 Å². The van der Waals surface area contributed by atoms with Crippen LogP contribution in [0.15, 0.2) is 53.7 Å². The van der Waals surface area contributed by atoms with Gasteiger partial charge in [0, 0.05) is 37.3 Å². The van der Waals surface area contributed by atoms with Crippen molar-refractivity contribution in [3.63, 3.8) is 0 Å². The lowest BCUT2D eigenvalue weighted by Crippen LogP contribution is -2.41. The number of hydrogen-bond acceptors (Lipinski definition) is 4.